The Morgan fingerprint density at radius 2 is 2.10 bits per heavy atom. The van der Waals surface area contributed by atoms with E-state index in [4.69, 9.17) is 0 Å². The van der Waals surface area contributed by atoms with Crippen LogP contribution < -0.4 is 0 Å². The van der Waals surface area contributed by atoms with E-state index >= 15 is 0 Å². The monoisotopic (exact) mass is 422 g/mol. The van der Waals surface area contributed by atoms with E-state index in [1.165, 1.54) is 12.1 Å². The molecule has 0 unspecified atom stereocenters. The number of aromatic amines is 1. The Kier molecular flexibility index (Phi) is 6.66. The third-order valence-electron chi connectivity index (χ3n) is 5.59. The van der Waals surface area contributed by atoms with Gasteiger partial charge in [-0.2, -0.15) is 5.10 Å². The maximum Gasteiger partial charge on any atom is 0.224 e. The largest absolute Gasteiger partial charge is 0.332 e. The molecule has 1 aliphatic heterocycles. The Morgan fingerprint density at radius 3 is 2.87 bits per heavy atom. The molecule has 1 fully saturated rings. The second-order valence-electron chi connectivity index (χ2n) is 8.04. The van der Waals surface area contributed by atoms with Crippen LogP contribution in [0.15, 0.2) is 48.8 Å². The van der Waals surface area contributed by atoms with Crippen molar-refractivity contribution in [3.63, 3.8) is 0 Å². The lowest BCUT2D eigenvalue weighted by Gasteiger charge is -2.24. The molecule has 1 N–H and O–H groups in total. The summed E-state index contributed by atoms with van der Waals surface area (Å²) in [7, 11) is 2.01. The quantitative estimate of drug-likeness (QED) is 0.604. The summed E-state index contributed by atoms with van der Waals surface area (Å²) in [5, 5.41) is 7.35. The SMILES string of the molecule is CN(CCC(=O)N1CCC[C@@H]1c1n[nH]c(Cc2ccc(F)cc2)n1)Cc1cccnc1. The van der Waals surface area contributed by atoms with Crippen molar-refractivity contribution >= 4 is 5.91 Å². The highest BCUT2D eigenvalue weighted by Crippen LogP contribution is 2.30. The summed E-state index contributed by atoms with van der Waals surface area (Å²) in [6.07, 6.45) is 6.43. The van der Waals surface area contributed by atoms with Crippen LogP contribution in [-0.4, -0.2) is 56.0 Å². The maximum atomic E-state index is 13.1. The van der Waals surface area contributed by atoms with Crippen LogP contribution in [0.2, 0.25) is 0 Å². The van der Waals surface area contributed by atoms with Gasteiger partial charge in [-0.25, -0.2) is 9.37 Å². The molecule has 2 aromatic heterocycles. The third-order valence-corrected chi connectivity index (χ3v) is 5.59. The number of carbonyl (C=O) groups excluding carboxylic acids is 1. The molecular formula is C23H27FN6O. The summed E-state index contributed by atoms with van der Waals surface area (Å²) in [5.74, 6) is 1.25. The Hall–Kier alpha value is -3.13. The first kappa shape index (κ1) is 21.1. The number of benzene rings is 1. The molecule has 0 spiro atoms. The normalized spacial score (nSPS) is 16.2. The number of likely N-dealkylation sites (tertiary alicyclic amines) is 1. The van der Waals surface area contributed by atoms with E-state index in [9.17, 15) is 9.18 Å². The van der Waals surface area contributed by atoms with Crippen LogP contribution in [0, 0.1) is 5.82 Å². The number of nitrogens with zero attached hydrogens (tertiary/aromatic N) is 5. The summed E-state index contributed by atoms with van der Waals surface area (Å²) < 4.78 is 13.1. The smallest absolute Gasteiger partial charge is 0.224 e. The van der Waals surface area contributed by atoms with Crippen LogP contribution in [-0.2, 0) is 17.8 Å². The number of amides is 1. The summed E-state index contributed by atoms with van der Waals surface area (Å²) in [5.41, 5.74) is 2.09. The molecule has 31 heavy (non-hydrogen) atoms. The van der Waals surface area contributed by atoms with E-state index in [-0.39, 0.29) is 17.8 Å². The zero-order valence-corrected chi connectivity index (χ0v) is 17.7. The predicted octanol–water partition coefficient (Wildman–Crippen LogP) is 3.12. The number of halogens is 1. The molecular weight excluding hydrogens is 395 g/mol. The highest BCUT2D eigenvalue weighted by Gasteiger charge is 2.32. The van der Waals surface area contributed by atoms with Crippen LogP contribution in [0.3, 0.4) is 0 Å². The molecule has 0 radical (unpaired) electrons. The first-order chi connectivity index (χ1) is 15.1. The minimum absolute atomic E-state index is 0.0886. The van der Waals surface area contributed by atoms with E-state index in [0.29, 0.717) is 25.2 Å². The number of hydrogen-bond donors (Lipinski definition) is 1. The molecule has 4 rings (SSSR count). The molecule has 162 valence electrons. The Morgan fingerprint density at radius 1 is 1.26 bits per heavy atom. The Bertz CT molecular complexity index is 991. The second kappa shape index (κ2) is 9.78. The number of pyridine rings is 1. The first-order valence-corrected chi connectivity index (χ1v) is 10.6. The fourth-order valence-corrected chi connectivity index (χ4v) is 3.98. The molecule has 8 heteroatoms. The lowest BCUT2D eigenvalue weighted by atomic mass is 10.1. The van der Waals surface area contributed by atoms with Gasteiger partial charge in [-0.1, -0.05) is 18.2 Å². The van der Waals surface area contributed by atoms with Crippen LogP contribution in [0.5, 0.6) is 0 Å². The van der Waals surface area contributed by atoms with Crippen LogP contribution in [0.25, 0.3) is 0 Å². The van der Waals surface area contributed by atoms with Crippen LogP contribution in [0.4, 0.5) is 4.39 Å². The molecule has 1 aromatic carbocycles. The van der Waals surface area contributed by atoms with E-state index in [2.05, 4.69) is 25.1 Å². The predicted molar refractivity (Wildman–Crippen MR) is 114 cm³/mol. The zero-order chi connectivity index (χ0) is 21.6. The van der Waals surface area contributed by atoms with Crippen molar-refractivity contribution in [1.82, 2.24) is 30.0 Å². The van der Waals surface area contributed by atoms with Crippen molar-refractivity contribution in [2.75, 3.05) is 20.1 Å². The zero-order valence-electron chi connectivity index (χ0n) is 17.7. The third kappa shape index (κ3) is 5.52. The van der Waals surface area contributed by atoms with E-state index in [0.717, 1.165) is 42.9 Å². The number of rotatable bonds is 8. The molecule has 3 heterocycles. The highest BCUT2D eigenvalue weighted by atomic mass is 19.1. The number of hydrogen-bond acceptors (Lipinski definition) is 5. The minimum Gasteiger partial charge on any atom is -0.332 e. The number of H-pyrrole nitrogens is 1. The maximum absolute atomic E-state index is 13.1. The molecule has 1 aliphatic rings. The standard InChI is InChI=1S/C23H27FN6O/c1-29(16-18-4-2-11-25-15-18)13-10-22(31)30-12-3-5-20(30)23-26-21(27-28-23)14-17-6-8-19(24)9-7-17/h2,4,6-9,11,15,20H,3,5,10,12-14,16H2,1H3,(H,26,27,28)/t20-/m1/s1. The van der Waals surface area contributed by atoms with Crippen LogP contribution in [0.1, 0.15) is 48.1 Å². The van der Waals surface area contributed by atoms with Gasteiger partial charge in [-0.3, -0.25) is 14.9 Å². The highest BCUT2D eigenvalue weighted by molar-refractivity contribution is 5.77. The van der Waals surface area contributed by atoms with Crippen molar-refractivity contribution < 1.29 is 9.18 Å². The topological polar surface area (TPSA) is 78.0 Å². The van der Waals surface area contributed by atoms with Gasteiger partial charge < -0.3 is 9.80 Å². The molecule has 0 aliphatic carbocycles. The van der Waals surface area contributed by atoms with Crippen molar-refractivity contribution in [1.29, 1.82) is 0 Å². The van der Waals surface area contributed by atoms with Gasteiger partial charge in [0.2, 0.25) is 5.91 Å². The average Bonchev–Trinajstić information content (AvgIpc) is 3.44. The second-order valence-corrected chi connectivity index (χ2v) is 8.04. The molecule has 3 aromatic rings. The molecule has 1 atom stereocenters. The van der Waals surface area contributed by atoms with Gasteiger partial charge in [-0.15, -0.1) is 0 Å². The molecule has 0 bridgehead atoms. The summed E-state index contributed by atoms with van der Waals surface area (Å²) in [6.45, 7) is 2.18. The lowest BCUT2D eigenvalue weighted by Crippen LogP contribution is -2.33. The van der Waals surface area contributed by atoms with E-state index in [1.807, 2.05) is 30.3 Å². The number of nitrogens with one attached hydrogen (secondary N) is 1. The van der Waals surface area contributed by atoms with Gasteiger partial charge in [0, 0.05) is 44.9 Å². The summed E-state index contributed by atoms with van der Waals surface area (Å²) >= 11 is 0. The summed E-state index contributed by atoms with van der Waals surface area (Å²) in [4.78, 5) is 25.7. The van der Waals surface area contributed by atoms with Gasteiger partial charge in [0.25, 0.3) is 0 Å². The van der Waals surface area contributed by atoms with E-state index < -0.39 is 0 Å². The minimum atomic E-state index is -0.256. The van der Waals surface area contributed by atoms with Crippen molar-refractivity contribution in [3.8, 4) is 0 Å². The lowest BCUT2D eigenvalue weighted by molar-refractivity contribution is -0.132. The van der Waals surface area contributed by atoms with Gasteiger partial charge >= 0.3 is 0 Å². The fourth-order valence-electron chi connectivity index (χ4n) is 3.98. The van der Waals surface area contributed by atoms with Gasteiger partial charge in [-0.05, 0) is 49.2 Å². The van der Waals surface area contributed by atoms with E-state index in [1.54, 1.807) is 18.3 Å². The molecule has 1 saturated heterocycles. The van der Waals surface area contributed by atoms with Gasteiger partial charge in [0.1, 0.15) is 11.6 Å². The number of carbonyl (C=O) groups is 1. The first-order valence-electron chi connectivity index (χ1n) is 10.6. The summed E-state index contributed by atoms with van der Waals surface area (Å²) in [6, 6.07) is 10.2. The van der Waals surface area contributed by atoms with Crippen LogP contribution >= 0.6 is 0 Å². The molecule has 7 nitrogen and oxygen atoms in total. The molecule has 1 amide bonds. The Labute approximate surface area is 181 Å². The van der Waals surface area contributed by atoms with Crippen molar-refractivity contribution in [2.24, 2.45) is 0 Å². The van der Waals surface area contributed by atoms with Crippen molar-refractivity contribution in [2.45, 2.75) is 38.3 Å². The molecule has 0 saturated carbocycles. The van der Waals surface area contributed by atoms with Gasteiger partial charge in [0.05, 0.1) is 6.04 Å². The van der Waals surface area contributed by atoms with Gasteiger partial charge in [0.15, 0.2) is 5.82 Å². The number of aromatic nitrogens is 4. The fraction of sp³-hybridized carbons (Fsp3) is 0.391. The average molecular weight is 423 g/mol. The Balaban J connectivity index is 1.32. The van der Waals surface area contributed by atoms with Crippen molar-refractivity contribution in [3.05, 3.63) is 77.4 Å².